The molecule has 1 aromatic rings. The maximum absolute atomic E-state index is 13.3. The first kappa shape index (κ1) is 14.7. The minimum atomic E-state index is -1.43. The zero-order valence-corrected chi connectivity index (χ0v) is 10.0. The highest BCUT2D eigenvalue weighted by Gasteiger charge is 2.18. The third-order valence-corrected chi connectivity index (χ3v) is 2.20. The minimum Gasteiger partial charge on any atom is -0.494 e. The molecule has 2 amide bonds. The summed E-state index contributed by atoms with van der Waals surface area (Å²) in [6.07, 6.45) is 0. The highest BCUT2D eigenvalue weighted by molar-refractivity contribution is 5.92. The smallest absolute Gasteiger partial charge is 0.328 e. The van der Waals surface area contributed by atoms with Gasteiger partial charge in [-0.2, -0.15) is 0 Å². The topological polar surface area (TPSA) is 108 Å². The summed E-state index contributed by atoms with van der Waals surface area (Å²) in [7, 11) is 1.30. The van der Waals surface area contributed by atoms with Crippen LogP contribution in [-0.4, -0.2) is 42.0 Å². The van der Waals surface area contributed by atoms with E-state index in [1.165, 1.54) is 19.2 Å². The van der Waals surface area contributed by atoms with Crippen molar-refractivity contribution in [2.75, 3.05) is 19.0 Å². The number of carbonyl (C=O) groups is 2. The normalized spacial score (nSPS) is 11.5. The zero-order valence-electron chi connectivity index (χ0n) is 10.0. The molecule has 0 fully saturated rings. The first-order chi connectivity index (χ1) is 8.97. The number of amides is 2. The van der Waals surface area contributed by atoms with Crippen LogP contribution in [0, 0.1) is 5.82 Å². The predicted octanol–water partition coefficient (Wildman–Crippen LogP) is 0.401. The second-order valence-corrected chi connectivity index (χ2v) is 3.52. The van der Waals surface area contributed by atoms with Crippen LogP contribution in [0.5, 0.6) is 5.75 Å². The summed E-state index contributed by atoms with van der Waals surface area (Å²) in [6, 6.07) is 1.42. The number of aliphatic hydroxyl groups excluding tert-OH is 1. The van der Waals surface area contributed by atoms with Crippen molar-refractivity contribution in [2.45, 2.75) is 6.04 Å². The third kappa shape index (κ3) is 4.11. The van der Waals surface area contributed by atoms with Crippen molar-refractivity contribution in [3.8, 4) is 5.75 Å². The second kappa shape index (κ2) is 6.55. The molecule has 104 valence electrons. The van der Waals surface area contributed by atoms with Crippen molar-refractivity contribution in [2.24, 2.45) is 0 Å². The zero-order chi connectivity index (χ0) is 14.4. The number of aliphatic hydroxyl groups is 1. The molecule has 0 radical (unpaired) electrons. The summed E-state index contributed by atoms with van der Waals surface area (Å²) < 4.78 is 18.0. The lowest BCUT2D eigenvalue weighted by Gasteiger charge is -2.13. The Hall–Kier alpha value is -2.35. The van der Waals surface area contributed by atoms with Crippen molar-refractivity contribution in [3.05, 3.63) is 24.0 Å². The van der Waals surface area contributed by atoms with E-state index in [9.17, 15) is 14.0 Å². The molecule has 4 N–H and O–H groups in total. The summed E-state index contributed by atoms with van der Waals surface area (Å²) in [4.78, 5) is 22.0. The Labute approximate surface area is 108 Å². The molecule has 0 aliphatic heterocycles. The monoisotopic (exact) mass is 272 g/mol. The highest BCUT2D eigenvalue weighted by Crippen LogP contribution is 2.20. The third-order valence-electron chi connectivity index (χ3n) is 2.20. The lowest BCUT2D eigenvalue weighted by atomic mass is 10.3. The lowest BCUT2D eigenvalue weighted by Crippen LogP contribution is -2.45. The first-order valence-corrected chi connectivity index (χ1v) is 5.22. The number of carboxylic acid groups (broad SMARTS) is 1. The van der Waals surface area contributed by atoms with Gasteiger partial charge in [-0.25, -0.2) is 14.0 Å². The molecular formula is C11H13FN2O5. The number of nitrogens with one attached hydrogen (secondary N) is 2. The van der Waals surface area contributed by atoms with Gasteiger partial charge in [0.1, 0.15) is 0 Å². The number of urea groups is 1. The molecule has 0 saturated heterocycles. The Kier molecular flexibility index (Phi) is 5.07. The van der Waals surface area contributed by atoms with E-state index >= 15 is 0 Å². The van der Waals surface area contributed by atoms with E-state index in [1.807, 2.05) is 5.32 Å². The maximum atomic E-state index is 13.3. The Morgan fingerprint density at radius 3 is 2.63 bits per heavy atom. The van der Waals surface area contributed by atoms with Gasteiger partial charge in [0.15, 0.2) is 17.6 Å². The summed E-state index contributed by atoms with van der Waals surface area (Å²) in [5, 5.41) is 21.6. The van der Waals surface area contributed by atoms with Gasteiger partial charge in [0, 0.05) is 11.8 Å². The fraction of sp³-hybridized carbons (Fsp3) is 0.273. The SMILES string of the molecule is COc1ccc(NC(=O)N[C@H](CO)C(=O)O)cc1F. The van der Waals surface area contributed by atoms with E-state index in [0.29, 0.717) is 0 Å². The standard InChI is InChI=1S/C11H13FN2O5/c1-19-9-3-2-6(4-7(9)12)13-11(18)14-8(5-15)10(16)17/h2-4,8,15H,5H2,1H3,(H,16,17)(H2,13,14,18)/t8-/m1/s1. The second-order valence-electron chi connectivity index (χ2n) is 3.52. The molecule has 19 heavy (non-hydrogen) atoms. The van der Waals surface area contributed by atoms with Gasteiger partial charge in [0.05, 0.1) is 13.7 Å². The van der Waals surface area contributed by atoms with E-state index in [0.717, 1.165) is 6.07 Å². The van der Waals surface area contributed by atoms with Gasteiger partial charge in [-0.3, -0.25) is 0 Å². The number of halogens is 1. The van der Waals surface area contributed by atoms with Crippen molar-refractivity contribution in [1.29, 1.82) is 0 Å². The average molecular weight is 272 g/mol. The van der Waals surface area contributed by atoms with Crippen molar-refractivity contribution < 1.29 is 28.9 Å². The molecule has 0 heterocycles. The number of carboxylic acids is 1. The number of hydrogen-bond acceptors (Lipinski definition) is 4. The van der Waals surface area contributed by atoms with E-state index in [1.54, 1.807) is 0 Å². The number of hydrogen-bond donors (Lipinski definition) is 4. The minimum absolute atomic E-state index is 0.0183. The summed E-state index contributed by atoms with van der Waals surface area (Å²) in [5.74, 6) is -2.03. The first-order valence-electron chi connectivity index (χ1n) is 5.22. The Morgan fingerprint density at radius 2 is 2.16 bits per heavy atom. The fourth-order valence-corrected chi connectivity index (χ4v) is 1.26. The molecule has 0 aromatic heterocycles. The van der Waals surface area contributed by atoms with Gasteiger partial charge in [-0.05, 0) is 12.1 Å². The largest absolute Gasteiger partial charge is 0.494 e. The lowest BCUT2D eigenvalue weighted by molar-refractivity contribution is -0.140. The molecule has 0 aliphatic carbocycles. The van der Waals surface area contributed by atoms with Crippen molar-refractivity contribution >= 4 is 17.7 Å². The van der Waals surface area contributed by atoms with Gasteiger partial charge >= 0.3 is 12.0 Å². The van der Waals surface area contributed by atoms with Gasteiger partial charge < -0.3 is 25.6 Å². The number of carbonyl (C=O) groups excluding carboxylic acids is 1. The number of benzene rings is 1. The van der Waals surface area contributed by atoms with Crippen LogP contribution in [0.15, 0.2) is 18.2 Å². The Bertz CT molecular complexity index is 480. The van der Waals surface area contributed by atoms with Crippen LogP contribution >= 0.6 is 0 Å². The molecule has 7 nitrogen and oxygen atoms in total. The van der Waals surface area contributed by atoms with Gasteiger partial charge in [-0.1, -0.05) is 0 Å². The predicted molar refractivity (Wildman–Crippen MR) is 63.6 cm³/mol. The molecule has 1 atom stereocenters. The van der Waals surface area contributed by atoms with E-state index in [4.69, 9.17) is 14.9 Å². The Balaban J connectivity index is 2.67. The van der Waals surface area contributed by atoms with E-state index in [-0.39, 0.29) is 11.4 Å². The van der Waals surface area contributed by atoms with Crippen molar-refractivity contribution in [3.63, 3.8) is 0 Å². The molecule has 0 saturated carbocycles. The number of ether oxygens (including phenoxy) is 1. The molecule has 1 rings (SSSR count). The van der Waals surface area contributed by atoms with Crippen LogP contribution in [0.1, 0.15) is 0 Å². The number of anilines is 1. The van der Waals surface area contributed by atoms with Crippen LogP contribution in [0.4, 0.5) is 14.9 Å². The summed E-state index contributed by atoms with van der Waals surface area (Å²) in [5.41, 5.74) is 0.123. The van der Waals surface area contributed by atoms with E-state index < -0.39 is 30.5 Å². The van der Waals surface area contributed by atoms with Gasteiger partial charge in [-0.15, -0.1) is 0 Å². The molecule has 0 unspecified atom stereocenters. The summed E-state index contributed by atoms with van der Waals surface area (Å²) >= 11 is 0. The van der Waals surface area contributed by atoms with Crippen LogP contribution in [0.2, 0.25) is 0 Å². The van der Waals surface area contributed by atoms with Gasteiger partial charge in [0.2, 0.25) is 0 Å². The van der Waals surface area contributed by atoms with Crippen molar-refractivity contribution in [1.82, 2.24) is 5.32 Å². The molecule has 0 spiro atoms. The highest BCUT2D eigenvalue weighted by atomic mass is 19.1. The van der Waals surface area contributed by atoms with Crippen LogP contribution in [0.3, 0.4) is 0 Å². The molecule has 8 heteroatoms. The molecule has 0 bridgehead atoms. The van der Waals surface area contributed by atoms with Crippen LogP contribution in [0.25, 0.3) is 0 Å². The Morgan fingerprint density at radius 1 is 1.47 bits per heavy atom. The average Bonchev–Trinajstić information content (AvgIpc) is 2.35. The molecular weight excluding hydrogens is 259 g/mol. The van der Waals surface area contributed by atoms with E-state index in [2.05, 4.69) is 5.32 Å². The van der Waals surface area contributed by atoms with Crippen LogP contribution in [-0.2, 0) is 4.79 Å². The molecule has 0 aliphatic rings. The fourth-order valence-electron chi connectivity index (χ4n) is 1.26. The van der Waals surface area contributed by atoms with Crippen LogP contribution < -0.4 is 15.4 Å². The maximum Gasteiger partial charge on any atom is 0.328 e. The molecule has 1 aromatic carbocycles. The number of aliphatic carboxylic acids is 1. The quantitative estimate of drug-likeness (QED) is 0.620. The summed E-state index contributed by atoms with van der Waals surface area (Å²) in [6.45, 7) is -0.750. The number of methoxy groups -OCH3 is 1. The van der Waals surface area contributed by atoms with Gasteiger partial charge in [0.25, 0.3) is 0 Å². The number of rotatable bonds is 5.